The molecular weight excluding hydrogens is 282 g/mol. The zero-order valence-corrected chi connectivity index (χ0v) is 12.1. The molecule has 6 heteroatoms. The minimum atomic E-state index is -0.767. The minimum absolute atomic E-state index is 0.0407. The summed E-state index contributed by atoms with van der Waals surface area (Å²) >= 11 is 0. The summed E-state index contributed by atoms with van der Waals surface area (Å²) in [7, 11) is 0. The minimum Gasteiger partial charge on any atom is -0.481 e. The average Bonchev–Trinajstić information content (AvgIpc) is 3.09. The van der Waals surface area contributed by atoms with E-state index in [1.807, 2.05) is 22.9 Å². The Morgan fingerprint density at radius 2 is 1.82 bits per heavy atom. The third kappa shape index (κ3) is 2.86. The van der Waals surface area contributed by atoms with Crippen LogP contribution in [0.15, 0.2) is 43.0 Å². The Balaban J connectivity index is 1.67. The smallest absolute Gasteiger partial charge is 0.306 e. The Hall–Kier alpha value is -2.63. The van der Waals surface area contributed by atoms with Crippen LogP contribution in [-0.2, 0) is 4.79 Å². The molecule has 0 unspecified atom stereocenters. The van der Waals surface area contributed by atoms with Crippen LogP contribution in [0, 0.1) is 5.92 Å². The lowest BCUT2D eigenvalue weighted by Gasteiger charge is -2.30. The van der Waals surface area contributed by atoms with Crippen LogP contribution >= 0.6 is 0 Å². The van der Waals surface area contributed by atoms with Crippen LogP contribution in [0.4, 0.5) is 0 Å². The molecule has 1 aromatic heterocycles. The Labute approximate surface area is 128 Å². The van der Waals surface area contributed by atoms with Gasteiger partial charge in [0.1, 0.15) is 0 Å². The molecule has 2 aromatic rings. The van der Waals surface area contributed by atoms with Gasteiger partial charge < -0.3 is 14.6 Å². The number of likely N-dealkylation sites (tertiary alicyclic amines) is 1. The number of carbonyl (C=O) groups excluding carboxylic acids is 1. The van der Waals surface area contributed by atoms with Gasteiger partial charge in [-0.15, -0.1) is 0 Å². The predicted octanol–water partition coefficient (Wildman–Crippen LogP) is 1.81. The van der Waals surface area contributed by atoms with Crippen LogP contribution in [0.3, 0.4) is 0 Å². The molecule has 1 amide bonds. The number of carboxylic acid groups (broad SMARTS) is 1. The van der Waals surface area contributed by atoms with Crippen molar-refractivity contribution < 1.29 is 14.7 Å². The summed E-state index contributed by atoms with van der Waals surface area (Å²) in [4.78, 5) is 29.1. The monoisotopic (exact) mass is 299 g/mol. The van der Waals surface area contributed by atoms with Crippen LogP contribution < -0.4 is 0 Å². The second kappa shape index (κ2) is 6.01. The Kier molecular flexibility index (Phi) is 3.91. The van der Waals surface area contributed by atoms with E-state index in [1.165, 1.54) is 0 Å². The topological polar surface area (TPSA) is 75.4 Å². The van der Waals surface area contributed by atoms with Gasteiger partial charge >= 0.3 is 5.97 Å². The third-order valence-electron chi connectivity index (χ3n) is 4.05. The molecule has 3 rings (SSSR count). The molecule has 1 N–H and O–H groups in total. The molecule has 114 valence electrons. The predicted molar refractivity (Wildman–Crippen MR) is 79.8 cm³/mol. The van der Waals surface area contributed by atoms with E-state index >= 15 is 0 Å². The maximum absolute atomic E-state index is 12.4. The average molecular weight is 299 g/mol. The van der Waals surface area contributed by atoms with Crippen LogP contribution in [0.1, 0.15) is 23.2 Å². The molecule has 1 aliphatic heterocycles. The summed E-state index contributed by atoms with van der Waals surface area (Å²) in [5, 5.41) is 8.99. The molecule has 22 heavy (non-hydrogen) atoms. The number of aliphatic carboxylic acids is 1. The highest BCUT2D eigenvalue weighted by Crippen LogP contribution is 2.19. The van der Waals surface area contributed by atoms with Crippen molar-refractivity contribution >= 4 is 11.9 Å². The van der Waals surface area contributed by atoms with E-state index in [2.05, 4.69) is 4.98 Å². The number of hydrogen-bond donors (Lipinski definition) is 1. The van der Waals surface area contributed by atoms with Gasteiger partial charge in [0.2, 0.25) is 0 Å². The van der Waals surface area contributed by atoms with Gasteiger partial charge in [0, 0.05) is 36.7 Å². The number of hydrogen-bond acceptors (Lipinski definition) is 3. The molecule has 1 aliphatic rings. The van der Waals surface area contributed by atoms with E-state index in [4.69, 9.17) is 5.11 Å². The van der Waals surface area contributed by atoms with E-state index in [-0.39, 0.29) is 11.8 Å². The van der Waals surface area contributed by atoms with E-state index in [0.717, 1.165) is 5.69 Å². The van der Waals surface area contributed by atoms with Crippen molar-refractivity contribution in [2.75, 3.05) is 13.1 Å². The molecule has 6 nitrogen and oxygen atoms in total. The Bertz CT molecular complexity index is 656. The van der Waals surface area contributed by atoms with Gasteiger partial charge in [0.05, 0.1) is 12.2 Å². The van der Waals surface area contributed by atoms with Gasteiger partial charge in [0.15, 0.2) is 0 Å². The van der Waals surface area contributed by atoms with E-state index in [0.29, 0.717) is 31.5 Å². The highest BCUT2D eigenvalue weighted by molar-refractivity contribution is 5.94. The lowest BCUT2D eigenvalue weighted by atomic mass is 9.96. The highest BCUT2D eigenvalue weighted by atomic mass is 16.4. The van der Waals surface area contributed by atoms with Crippen LogP contribution in [-0.4, -0.2) is 44.5 Å². The second-order valence-corrected chi connectivity index (χ2v) is 5.42. The van der Waals surface area contributed by atoms with Gasteiger partial charge in [-0.3, -0.25) is 9.59 Å². The van der Waals surface area contributed by atoms with Crippen molar-refractivity contribution in [2.24, 2.45) is 5.92 Å². The maximum Gasteiger partial charge on any atom is 0.306 e. The first kappa shape index (κ1) is 14.3. The van der Waals surface area contributed by atoms with Crippen molar-refractivity contribution in [1.29, 1.82) is 0 Å². The number of amides is 1. The molecule has 0 saturated carbocycles. The standard InChI is InChI=1S/C16H17N3O3/c20-15(18-8-5-13(6-9-18)16(21)22)12-1-3-14(4-2-12)19-10-7-17-11-19/h1-4,7,10-11,13H,5-6,8-9H2,(H,21,22). The number of carboxylic acids is 1. The van der Waals surface area contributed by atoms with E-state index < -0.39 is 5.97 Å². The van der Waals surface area contributed by atoms with Gasteiger partial charge in [-0.25, -0.2) is 4.98 Å². The fourth-order valence-electron chi connectivity index (χ4n) is 2.70. The molecule has 1 fully saturated rings. The fraction of sp³-hybridized carbons (Fsp3) is 0.312. The van der Waals surface area contributed by atoms with Crippen molar-refractivity contribution in [3.63, 3.8) is 0 Å². The highest BCUT2D eigenvalue weighted by Gasteiger charge is 2.27. The molecule has 0 radical (unpaired) electrons. The zero-order chi connectivity index (χ0) is 15.5. The number of benzene rings is 1. The molecular formula is C16H17N3O3. The SMILES string of the molecule is O=C(O)C1CCN(C(=O)c2ccc(-n3ccnc3)cc2)CC1. The summed E-state index contributed by atoms with van der Waals surface area (Å²) in [6.45, 7) is 0.998. The lowest BCUT2D eigenvalue weighted by Crippen LogP contribution is -2.40. The first-order valence-corrected chi connectivity index (χ1v) is 7.25. The first-order chi connectivity index (χ1) is 10.6. The first-order valence-electron chi connectivity index (χ1n) is 7.25. The largest absolute Gasteiger partial charge is 0.481 e. The number of imidazole rings is 1. The molecule has 2 heterocycles. The molecule has 1 saturated heterocycles. The van der Waals surface area contributed by atoms with Gasteiger partial charge in [-0.1, -0.05) is 0 Å². The Morgan fingerprint density at radius 1 is 1.14 bits per heavy atom. The van der Waals surface area contributed by atoms with Crippen molar-refractivity contribution in [3.05, 3.63) is 48.5 Å². The maximum atomic E-state index is 12.4. The summed E-state index contributed by atoms with van der Waals surface area (Å²) in [5.74, 6) is -1.13. The van der Waals surface area contributed by atoms with E-state index in [9.17, 15) is 9.59 Å². The third-order valence-corrected chi connectivity index (χ3v) is 4.05. The molecule has 1 aromatic carbocycles. The van der Waals surface area contributed by atoms with Crippen LogP contribution in [0.2, 0.25) is 0 Å². The summed E-state index contributed by atoms with van der Waals surface area (Å²) in [6, 6.07) is 7.33. The van der Waals surface area contributed by atoms with Crippen molar-refractivity contribution in [2.45, 2.75) is 12.8 Å². The normalized spacial score (nSPS) is 15.7. The van der Waals surface area contributed by atoms with Crippen LogP contribution in [0.5, 0.6) is 0 Å². The lowest BCUT2D eigenvalue weighted by molar-refractivity contribution is -0.143. The summed E-state index contributed by atoms with van der Waals surface area (Å²) in [6.07, 6.45) is 6.29. The molecule has 0 bridgehead atoms. The summed E-state index contributed by atoms with van der Waals surface area (Å²) < 4.78 is 1.87. The summed E-state index contributed by atoms with van der Waals surface area (Å²) in [5.41, 5.74) is 1.57. The van der Waals surface area contributed by atoms with Gasteiger partial charge in [-0.2, -0.15) is 0 Å². The molecule has 0 spiro atoms. The number of nitrogens with zero attached hydrogens (tertiary/aromatic N) is 3. The Morgan fingerprint density at radius 3 is 2.36 bits per heavy atom. The van der Waals surface area contributed by atoms with Crippen molar-refractivity contribution in [1.82, 2.24) is 14.5 Å². The molecule has 0 atom stereocenters. The number of carbonyl (C=O) groups is 2. The number of aromatic nitrogens is 2. The van der Waals surface area contributed by atoms with E-state index in [1.54, 1.807) is 29.6 Å². The molecule has 0 aliphatic carbocycles. The zero-order valence-electron chi connectivity index (χ0n) is 12.1. The fourth-order valence-corrected chi connectivity index (χ4v) is 2.70. The van der Waals surface area contributed by atoms with Crippen molar-refractivity contribution in [3.8, 4) is 5.69 Å². The number of piperidine rings is 1. The van der Waals surface area contributed by atoms with Gasteiger partial charge in [0.25, 0.3) is 5.91 Å². The van der Waals surface area contributed by atoms with Crippen LogP contribution in [0.25, 0.3) is 5.69 Å². The number of rotatable bonds is 3. The second-order valence-electron chi connectivity index (χ2n) is 5.42. The quantitative estimate of drug-likeness (QED) is 0.938. The van der Waals surface area contributed by atoms with Gasteiger partial charge in [-0.05, 0) is 37.1 Å².